The maximum absolute atomic E-state index is 5.13. The van der Waals surface area contributed by atoms with Crippen LogP contribution in [0.4, 0.5) is 0 Å². The van der Waals surface area contributed by atoms with Crippen molar-refractivity contribution < 1.29 is 4.74 Å². The Kier molecular flexibility index (Phi) is 3.71. The summed E-state index contributed by atoms with van der Waals surface area (Å²) < 4.78 is 5.13. The first-order valence-corrected chi connectivity index (χ1v) is 4.43. The van der Waals surface area contributed by atoms with E-state index in [9.17, 15) is 0 Å². The summed E-state index contributed by atoms with van der Waals surface area (Å²) in [6.45, 7) is 2.94. The van der Waals surface area contributed by atoms with Crippen molar-refractivity contribution in [2.45, 2.75) is 13.3 Å². The molecule has 1 aromatic heterocycles. The average molecular weight is 180 g/mol. The van der Waals surface area contributed by atoms with E-state index in [1.54, 1.807) is 7.11 Å². The van der Waals surface area contributed by atoms with Gasteiger partial charge in [-0.05, 0) is 20.0 Å². The van der Waals surface area contributed by atoms with Crippen LogP contribution in [0.5, 0.6) is 5.88 Å². The predicted octanol–water partition coefficient (Wildman–Crippen LogP) is 1.16. The van der Waals surface area contributed by atoms with Crippen LogP contribution >= 0.6 is 0 Å². The van der Waals surface area contributed by atoms with Gasteiger partial charge in [0, 0.05) is 24.2 Å². The summed E-state index contributed by atoms with van der Waals surface area (Å²) in [5.74, 6) is 0.730. The number of hydrogen-bond acceptors (Lipinski definition) is 3. The van der Waals surface area contributed by atoms with Gasteiger partial charge in [0.05, 0.1) is 7.11 Å². The highest BCUT2D eigenvalue weighted by Crippen LogP contribution is 2.13. The lowest BCUT2D eigenvalue weighted by atomic mass is 10.2. The van der Waals surface area contributed by atoms with Gasteiger partial charge in [-0.25, -0.2) is 4.98 Å². The Labute approximate surface area is 79.1 Å². The second kappa shape index (κ2) is 4.82. The normalized spacial score (nSPS) is 10.1. The molecule has 0 radical (unpaired) electrons. The fourth-order valence-electron chi connectivity index (χ4n) is 1.15. The third-order valence-electron chi connectivity index (χ3n) is 1.93. The molecule has 72 valence electrons. The molecule has 0 bridgehead atoms. The van der Waals surface area contributed by atoms with E-state index in [0.29, 0.717) is 0 Å². The molecule has 0 aliphatic carbocycles. The van der Waals surface area contributed by atoms with Crippen LogP contribution in [0.1, 0.15) is 11.3 Å². The first kappa shape index (κ1) is 9.99. The number of likely N-dealkylation sites (N-methyl/N-ethyl adjacent to an activating group) is 1. The molecule has 3 nitrogen and oxygen atoms in total. The first-order valence-electron chi connectivity index (χ1n) is 4.43. The Bertz CT molecular complexity index is 274. The van der Waals surface area contributed by atoms with Crippen molar-refractivity contribution in [3.05, 3.63) is 23.4 Å². The minimum atomic E-state index is 0.730. The van der Waals surface area contributed by atoms with Crippen molar-refractivity contribution in [3.63, 3.8) is 0 Å². The van der Waals surface area contributed by atoms with Crippen molar-refractivity contribution in [2.24, 2.45) is 0 Å². The monoisotopic (exact) mass is 180 g/mol. The van der Waals surface area contributed by atoms with Gasteiger partial charge in [0.1, 0.15) is 0 Å². The van der Waals surface area contributed by atoms with Gasteiger partial charge >= 0.3 is 0 Å². The van der Waals surface area contributed by atoms with E-state index < -0.39 is 0 Å². The predicted molar refractivity (Wildman–Crippen MR) is 53.2 cm³/mol. The molecule has 0 aliphatic heterocycles. The second-order valence-corrected chi connectivity index (χ2v) is 2.98. The standard InChI is InChI=1S/C10H16N2O/c1-8-4-5-9(6-7-11-2)12-10(8)13-3/h4-5,11H,6-7H2,1-3H3. The molecule has 1 N–H and O–H groups in total. The molecule has 0 atom stereocenters. The number of nitrogens with one attached hydrogen (secondary N) is 1. The molecular weight excluding hydrogens is 164 g/mol. The molecule has 1 rings (SSSR count). The molecule has 0 unspecified atom stereocenters. The quantitative estimate of drug-likeness (QED) is 0.755. The summed E-state index contributed by atoms with van der Waals surface area (Å²) in [5.41, 5.74) is 2.15. The van der Waals surface area contributed by atoms with Crippen LogP contribution in [0.2, 0.25) is 0 Å². The zero-order chi connectivity index (χ0) is 9.68. The molecule has 0 spiro atoms. The zero-order valence-electron chi connectivity index (χ0n) is 8.42. The van der Waals surface area contributed by atoms with Gasteiger partial charge in [0.15, 0.2) is 0 Å². The highest BCUT2D eigenvalue weighted by atomic mass is 16.5. The third kappa shape index (κ3) is 2.70. The Balaban J connectivity index is 2.74. The number of aromatic nitrogens is 1. The lowest BCUT2D eigenvalue weighted by Crippen LogP contribution is -2.11. The summed E-state index contributed by atoms with van der Waals surface area (Å²) in [6, 6.07) is 4.08. The van der Waals surface area contributed by atoms with Crippen molar-refractivity contribution in [1.82, 2.24) is 10.3 Å². The molecule has 3 heteroatoms. The summed E-state index contributed by atoms with van der Waals surface area (Å²) in [7, 11) is 3.59. The number of aryl methyl sites for hydroxylation is 1. The average Bonchev–Trinajstić information content (AvgIpc) is 2.16. The van der Waals surface area contributed by atoms with Crippen LogP contribution in [-0.2, 0) is 6.42 Å². The fourth-order valence-corrected chi connectivity index (χ4v) is 1.15. The Morgan fingerprint density at radius 2 is 2.23 bits per heavy atom. The van der Waals surface area contributed by atoms with Gasteiger partial charge in [-0.15, -0.1) is 0 Å². The van der Waals surface area contributed by atoms with E-state index in [1.807, 2.05) is 26.1 Å². The molecule has 0 aliphatic rings. The van der Waals surface area contributed by atoms with Crippen LogP contribution in [-0.4, -0.2) is 25.7 Å². The Morgan fingerprint density at radius 1 is 1.46 bits per heavy atom. The molecule has 13 heavy (non-hydrogen) atoms. The highest BCUT2D eigenvalue weighted by molar-refractivity contribution is 5.26. The van der Waals surface area contributed by atoms with Crippen LogP contribution in [0.15, 0.2) is 12.1 Å². The topological polar surface area (TPSA) is 34.1 Å². The summed E-state index contributed by atoms with van der Waals surface area (Å²) in [4.78, 5) is 4.37. The van der Waals surface area contributed by atoms with E-state index in [1.165, 1.54) is 0 Å². The SMILES string of the molecule is CNCCc1ccc(C)c(OC)n1. The Morgan fingerprint density at radius 3 is 2.85 bits per heavy atom. The van der Waals surface area contributed by atoms with E-state index in [4.69, 9.17) is 4.74 Å². The largest absolute Gasteiger partial charge is 0.481 e. The van der Waals surface area contributed by atoms with Crippen LogP contribution < -0.4 is 10.1 Å². The fraction of sp³-hybridized carbons (Fsp3) is 0.500. The number of pyridine rings is 1. The molecule has 0 aromatic carbocycles. The van der Waals surface area contributed by atoms with Gasteiger partial charge in [0.25, 0.3) is 0 Å². The van der Waals surface area contributed by atoms with Gasteiger partial charge in [-0.1, -0.05) is 6.07 Å². The summed E-state index contributed by atoms with van der Waals surface area (Å²) >= 11 is 0. The summed E-state index contributed by atoms with van der Waals surface area (Å²) in [5, 5.41) is 3.09. The molecule has 0 saturated carbocycles. The Hall–Kier alpha value is -1.09. The number of rotatable bonds is 4. The number of methoxy groups -OCH3 is 1. The minimum absolute atomic E-state index is 0.730. The lowest BCUT2D eigenvalue weighted by molar-refractivity contribution is 0.393. The number of nitrogens with zero attached hydrogens (tertiary/aromatic N) is 1. The van der Waals surface area contributed by atoms with E-state index in [-0.39, 0.29) is 0 Å². The van der Waals surface area contributed by atoms with E-state index in [2.05, 4.69) is 10.3 Å². The lowest BCUT2D eigenvalue weighted by Gasteiger charge is -2.05. The molecule has 0 fully saturated rings. The van der Waals surface area contributed by atoms with Crippen molar-refractivity contribution >= 4 is 0 Å². The zero-order valence-corrected chi connectivity index (χ0v) is 8.42. The minimum Gasteiger partial charge on any atom is -0.481 e. The van der Waals surface area contributed by atoms with Crippen molar-refractivity contribution in [2.75, 3.05) is 20.7 Å². The van der Waals surface area contributed by atoms with Gasteiger partial charge in [0.2, 0.25) is 5.88 Å². The molecule has 0 amide bonds. The van der Waals surface area contributed by atoms with Crippen molar-refractivity contribution in [3.8, 4) is 5.88 Å². The van der Waals surface area contributed by atoms with Gasteiger partial charge in [-0.2, -0.15) is 0 Å². The molecule has 0 saturated heterocycles. The van der Waals surface area contributed by atoms with Crippen LogP contribution in [0.25, 0.3) is 0 Å². The highest BCUT2D eigenvalue weighted by Gasteiger charge is 2.00. The molecule has 1 heterocycles. The smallest absolute Gasteiger partial charge is 0.216 e. The van der Waals surface area contributed by atoms with E-state index in [0.717, 1.165) is 30.1 Å². The second-order valence-electron chi connectivity index (χ2n) is 2.98. The maximum atomic E-state index is 5.13. The number of hydrogen-bond donors (Lipinski definition) is 1. The maximum Gasteiger partial charge on any atom is 0.216 e. The molecular formula is C10H16N2O. The van der Waals surface area contributed by atoms with Crippen LogP contribution in [0.3, 0.4) is 0 Å². The van der Waals surface area contributed by atoms with Crippen molar-refractivity contribution in [1.29, 1.82) is 0 Å². The van der Waals surface area contributed by atoms with Gasteiger partial charge in [-0.3, -0.25) is 0 Å². The number of ether oxygens (including phenoxy) is 1. The van der Waals surface area contributed by atoms with Crippen LogP contribution in [0, 0.1) is 6.92 Å². The van der Waals surface area contributed by atoms with E-state index >= 15 is 0 Å². The first-order chi connectivity index (χ1) is 6.27. The third-order valence-corrected chi connectivity index (χ3v) is 1.93. The molecule has 1 aromatic rings. The van der Waals surface area contributed by atoms with Gasteiger partial charge < -0.3 is 10.1 Å². The summed E-state index contributed by atoms with van der Waals surface area (Å²) in [6.07, 6.45) is 0.938.